The van der Waals surface area contributed by atoms with Crippen LogP contribution in [0, 0.1) is 0 Å². The van der Waals surface area contributed by atoms with Crippen molar-refractivity contribution in [2.75, 3.05) is 43.5 Å². The number of benzene rings is 2. The number of amides is 2. The van der Waals surface area contributed by atoms with E-state index in [1.165, 1.54) is 13.2 Å². The van der Waals surface area contributed by atoms with Crippen LogP contribution in [0.2, 0.25) is 10.0 Å². The molecule has 0 unspecified atom stereocenters. The second-order valence-corrected chi connectivity index (χ2v) is 7.64. The molecule has 3 rings (SSSR count). The van der Waals surface area contributed by atoms with Crippen molar-refractivity contribution in [2.24, 2.45) is 0 Å². The first-order chi connectivity index (χ1) is 14.3. The van der Waals surface area contributed by atoms with Crippen LogP contribution in [0.15, 0.2) is 36.4 Å². The first kappa shape index (κ1) is 21.9. The van der Waals surface area contributed by atoms with E-state index in [1.54, 1.807) is 42.2 Å². The molecule has 7 nitrogen and oxygen atoms in total. The summed E-state index contributed by atoms with van der Waals surface area (Å²) in [6.45, 7) is 3.88. The summed E-state index contributed by atoms with van der Waals surface area (Å²) in [6, 6.07) is 9.58. The fraction of sp³-hybridized carbons (Fsp3) is 0.286. The van der Waals surface area contributed by atoms with E-state index in [1.807, 2.05) is 0 Å². The zero-order valence-corrected chi connectivity index (χ0v) is 18.1. The minimum atomic E-state index is -0.515. The fourth-order valence-corrected chi connectivity index (χ4v) is 3.66. The Kier molecular flexibility index (Phi) is 6.84. The normalized spacial score (nSPS) is 13.7. The number of anilines is 2. The Morgan fingerprint density at radius 3 is 2.33 bits per heavy atom. The number of methoxy groups -OCH3 is 1. The average Bonchev–Trinajstić information content (AvgIpc) is 2.74. The van der Waals surface area contributed by atoms with Crippen molar-refractivity contribution in [3.8, 4) is 0 Å². The van der Waals surface area contributed by atoms with Gasteiger partial charge in [0.05, 0.1) is 34.6 Å². The van der Waals surface area contributed by atoms with Gasteiger partial charge in [-0.1, -0.05) is 23.2 Å². The molecule has 158 valence electrons. The number of piperazine rings is 1. The van der Waals surface area contributed by atoms with Crippen LogP contribution in [0.5, 0.6) is 0 Å². The van der Waals surface area contributed by atoms with Crippen LogP contribution in [-0.4, -0.2) is 56.0 Å². The summed E-state index contributed by atoms with van der Waals surface area (Å²) in [5.74, 6) is -0.938. The van der Waals surface area contributed by atoms with Crippen molar-refractivity contribution in [1.82, 2.24) is 4.90 Å². The third-order valence-electron chi connectivity index (χ3n) is 4.90. The number of halogens is 2. The highest BCUT2D eigenvalue weighted by atomic mass is 35.5. The van der Waals surface area contributed by atoms with Crippen molar-refractivity contribution in [2.45, 2.75) is 6.92 Å². The molecule has 0 aromatic heterocycles. The molecule has 0 atom stereocenters. The average molecular weight is 450 g/mol. The lowest BCUT2D eigenvalue weighted by Crippen LogP contribution is -2.48. The SMILES string of the molecule is COC(=O)c1ccc(N2CCN(C(C)=O)CC2)c(NC(=O)c2cc(Cl)ccc2Cl)c1. The number of ether oxygens (including phenoxy) is 1. The highest BCUT2D eigenvalue weighted by molar-refractivity contribution is 6.36. The minimum absolute atomic E-state index is 0.0276. The van der Waals surface area contributed by atoms with Crippen molar-refractivity contribution in [1.29, 1.82) is 0 Å². The second kappa shape index (κ2) is 9.36. The largest absolute Gasteiger partial charge is 0.465 e. The molecule has 1 aliphatic heterocycles. The van der Waals surface area contributed by atoms with Gasteiger partial charge in [-0.2, -0.15) is 0 Å². The number of esters is 1. The summed E-state index contributed by atoms with van der Waals surface area (Å²) >= 11 is 12.2. The monoisotopic (exact) mass is 449 g/mol. The predicted molar refractivity (Wildman–Crippen MR) is 117 cm³/mol. The van der Waals surface area contributed by atoms with Gasteiger partial charge < -0.3 is 19.9 Å². The maximum Gasteiger partial charge on any atom is 0.337 e. The summed E-state index contributed by atoms with van der Waals surface area (Å²) in [7, 11) is 1.29. The fourth-order valence-electron chi connectivity index (χ4n) is 3.28. The molecule has 0 radical (unpaired) electrons. The van der Waals surface area contributed by atoms with Crippen LogP contribution in [0.4, 0.5) is 11.4 Å². The van der Waals surface area contributed by atoms with Gasteiger partial charge in [0.15, 0.2) is 0 Å². The second-order valence-electron chi connectivity index (χ2n) is 6.79. The Labute approximate surface area is 184 Å². The molecule has 0 bridgehead atoms. The Morgan fingerprint density at radius 1 is 1.00 bits per heavy atom. The number of nitrogens with zero attached hydrogens (tertiary/aromatic N) is 2. The molecule has 1 aliphatic rings. The molecule has 30 heavy (non-hydrogen) atoms. The summed E-state index contributed by atoms with van der Waals surface area (Å²) in [5, 5.41) is 3.48. The Morgan fingerprint density at radius 2 is 1.70 bits per heavy atom. The number of rotatable bonds is 4. The molecule has 0 spiro atoms. The number of hydrogen-bond donors (Lipinski definition) is 1. The molecule has 1 fully saturated rings. The van der Waals surface area contributed by atoms with Gasteiger partial charge in [0.25, 0.3) is 5.91 Å². The van der Waals surface area contributed by atoms with Crippen molar-refractivity contribution in [3.63, 3.8) is 0 Å². The molecule has 1 N–H and O–H groups in total. The molecule has 0 aliphatic carbocycles. The highest BCUT2D eigenvalue weighted by Gasteiger charge is 2.23. The van der Waals surface area contributed by atoms with Crippen molar-refractivity contribution >= 4 is 52.4 Å². The molecule has 1 saturated heterocycles. The number of carbonyl (C=O) groups is 3. The molecular weight excluding hydrogens is 429 g/mol. The molecule has 1 heterocycles. The van der Waals surface area contributed by atoms with Gasteiger partial charge in [-0.05, 0) is 36.4 Å². The van der Waals surface area contributed by atoms with Crippen LogP contribution < -0.4 is 10.2 Å². The molecule has 9 heteroatoms. The summed E-state index contributed by atoms with van der Waals surface area (Å²) in [4.78, 5) is 40.3. The van der Waals surface area contributed by atoms with E-state index in [9.17, 15) is 14.4 Å². The number of nitrogens with one attached hydrogen (secondary N) is 1. The lowest BCUT2D eigenvalue weighted by molar-refractivity contribution is -0.129. The van der Waals surface area contributed by atoms with E-state index in [2.05, 4.69) is 10.2 Å². The first-order valence-electron chi connectivity index (χ1n) is 9.29. The zero-order valence-electron chi connectivity index (χ0n) is 16.6. The number of carbonyl (C=O) groups excluding carboxylic acids is 3. The van der Waals surface area contributed by atoms with Crippen LogP contribution in [0.25, 0.3) is 0 Å². The predicted octanol–water partition coefficient (Wildman–Crippen LogP) is 3.70. The van der Waals surface area contributed by atoms with E-state index in [0.29, 0.717) is 42.5 Å². The van der Waals surface area contributed by atoms with Crippen molar-refractivity contribution < 1.29 is 19.1 Å². The smallest absolute Gasteiger partial charge is 0.337 e. The van der Waals surface area contributed by atoms with Gasteiger partial charge in [-0.3, -0.25) is 9.59 Å². The van der Waals surface area contributed by atoms with Gasteiger partial charge in [0.2, 0.25) is 5.91 Å². The molecule has 2 amide bonds. The third-order valence-corrected chi connectivity index (χ3v) is 5.47. The van der Waals surface area contributed by atoms with E-state index in [-0.39, 0.29) is 16.5 Å². The number of hydrogen-bond acceptors (Lipinski definition) is 5. The van der Waals surface area contributed by atoms with Gasteiger partial charge >= 0.3 is 5.97 Å². The third kappa shape index (κ3) is 4.86. The van der Waals surface area contributed by atoms with Crippen LogP contribution in [0.3, 0.4) is 0 Å². The quantitative estimate of drug-likeness (QED) is 0.719. The van der Waals surface area contributed by atoms with E-state index < -0.39 is 11.9 Å². The maximum atomic E-state index is 12.9. The lowest BCUT2D eigenvalue weighted by Gasteiger charge is -2.36. The van der Waals surface area contributed by atoms with Gasteiger partial charge in [0, 0.05) is 38.1 Å². The molecule has 0 saturated carbocycles. The van der Waals surface area contributed by atoms with E-state index >= 15 is 0 Å². The summed E-state index contributed by atoms with van der Waals surface area (Å²) < 4.78 is 4.79. The Bertz CT molecular complexity index is 988. The van der Waals surface area contributed by atoms with Gasteiger partial charge in [0.1, 0.15) is 0 Å². The standard InChI is InChI=1S/C21H21Cl2N3O4/c1-13(27)25-7-9-26(10-8-25)19-6-3-14(21(29)30-2)11-18(19)24-20(28)16-12-15(22)4-5-17(16)23/h3-6,11-12H,7-10H2,1-2H3,(H,24,28). The van der Waals surface area contributed by atoms with Crippen molar-refractivity contribution in [3.05, 3.63) is 57.6 Å². The van der Waals surface area contributed by atoms with E-state index in [0.717, 1.165) is 5.69 Å². The Hall–Kier alpha value is -2.77. The van der Waals surface area contributed by atoms with Gasteiger partial charge in [-0.25, -0.2) is 4.79 Å². The van der Waals surface area contributed by atoms with Gasteiger partial charge in [-0.15, -0.1) is 0 Å². The maximum absolute atomic E-state index is 12.9. The topological polar surface area (TPSA) is 79.0 Å². The van der Waals surface area contributed by atoms with Crippen LogP contribution in [0.1, 0.15) is 27.6 Å². The Balaban J connectivity index is 1.92. The van der Waals surface area contributed by atoms with Crippen LogP contribution in [-0.2, 0) is 9.53 Å². The molecule has 2 aromatic rings. The zero-order chi connectivity index (χ0) is 21.8. The van der Waals surface area contributed by atoms with Crippen LogP contribution >= 0.6 is 23.2 Å². The summed E-state index contributed by atoms with van der Waals surface area (Å²) in [6.07, 6.45) is 0. The molecule has 2 aromatic carbocycles. The molecular formula is C21H21Cl2N3O4. The highest BCUT2D eigenvalue weighted by Crippen LogP contribution is 2.30. The first-order valence-corrected chi connectivity index (χ1v) is 10.0. The minimum Gasteiger partial charge on any atom is -0.465 e. The summed E-state index contributed by atoms with van der Waals surface area (Å²) in [5.41, 5.74) is 1.70. The van der Waals surface area contributed by atoms with E-state index in [4.69, 9.17) is 27.9 Å². The lowest BCUT2D eigenvalue weighted by atomic mass is 10.1.